The molecule has 0 aliphatic carbocycles. The minimum absolute atomic E-state index is 0.296. The standard InChI is InChI=1S/C20H21N3O3/c1-2-25-16-8-4-9-17(14-16)26-13-12-22-20(24)23-18-10-3-6-15-7-5-11-21-19(15)18/h3-11,14H,2,12-13H2,1H3,(H2,22,23,24). The van der Waals surface area contributed by atoms with Gasteiger partial charge < -0.3 is 20.1 Å². The Hall–Kier alpha value is -3.28. The summed E-state index contributed by atoms with van der Waals surface area (Å²) in [6.07, 6.45) is 1.70. The van der Waals surface area contributed by atoms with Crippen molar-refractivity contribution in [2.24, 2.45) is 0 Å². The molecule has 0 aliphatic rings. The number of pyridine rings is 1. The lowest BCUT2D eigenvalue weighted by molar-refractivity contribution is 0.247. The van der Waals surface area contributed by atoms with Crippen LogP contribution >= 0.6 is 0 Å². The predicted molar refractivity (Wildman–Crippen MR) is 102 cm³/mol. The average molecular weight is 351 g/mol. The monoisotopic (exact) mass is 351 g/mol. The Balaban J connectivity index is 1.48. The highest BCUT2D eigenvalue weighted by Crippen LogP contribution is 2.20. The number of carbonyl (C=O) groups excluding carboxylic acids is 1. The summed E-state index contributed by atoms with van der Waals surface area (Å²) in [5, 5.41) is 6.57. The largest absolute Gasteiger partial charge is 0.494 e. The van der Waals surface area contributed by atoms with Crippen LogP contribution in [0.1, 0.15) is 6.92 Å². The van der Waals surface area contributed by atoms with Crippen molar-refractivity contribution in [3.63, 3.8) is 0 Å². The fourth-order valence-electron chi connectivity index (χ4n) is 2.53. The van der Waals surface area contributed by atoms with Gasteiger partial charge >= 0.3 is 6.03 Å². The lowest BCUT2D eigenvalue weighted by atomic mass is 10.2. The second-order valence-electron chi connectivity index (χ2n) is 5.52. The average Bonchev–Trinajstić information content (AvgIpc) is 2.66. The lowest BCUT2D eigenvalue weighted by Gasteiger charge is -2.11. The third-order valence-electron chi connectivity index (χ3n) is 3.65. The molecule has 6 nitrogen and oxygen atoms in total. The first-order valence-electron chi connectivity index (χ1n) is 8.50. The van der Waals surface area contributed by atoms with Gasteiger partial charge in [0.25, 0.3) is 0 Å². The van der Waals surface area contributed by atoms with E-state index in [1.165, 1.54) is 0 Å². The van der Waals surface area contributed by atoms with E-state index in [0.717, 1.165) is 16.7 Å². The van der Waals surface area contributed by atoms with Gasteiger partial charge in [0.15, 0.2) is 0 Å². The summed E-state index contributed by atoms with van der Waals surface area (Å²) in [5.74, 6) is 1.47. The number of urea groups is 1. The molecule has 0 atom stereocenters. The second kappa shape index (κ2) is 8.71. The molecule has 0 saturated heterocycles. The summed E-state index contributed by atoms with van der Waals surface area (Å²) in [7, 11) is 0. The summed E-state index contributed by atoms with van der Waals surface area (Å²) in [6.45, 7) is 3.27. The highest BCUT2D eigenvalue weighted by atomic mass is 16.5. The van der Waals surface area contributed by atoms with Gasteiger partial charge in [-0.25, -0.2) is 4.79 Å². The van der Waals surface area contributed by atoms with Crippen LogP contribution < -0.4 is 20.1 Å². The van der Waals surface area contributed by atoms with Crippen LogP contribution in [0.25, 0.3) is 10.9 Å². The smallest absolute Gasteiger partial charge is 0.319 e. The number of rotatable bonds is 7. The van der Waals surface area contributed by atoms with Gasteiger partial charge in [-0.2, -0.15) is 0 Å². The van der Waals surface area contributed by atoms with Crippen LogP contribution in [0.15, 0.2) is 60.8 Å². The summed E-state index contributed by atoms with van der Waals surface area (Å²) < 4.78 is 11.1. The fourth-order valence-corrected chi connectivity index (χ4v) is 2.53. The minimum atomic E-state index is -0.296. The number of carbonyl (C=O) groups is 1. The molecule has 2 amide bonds. The molecule has 0 bridgehead atoms. The summed E-state index contributed by atoms with van der Waals surface area (Å²) >= 11 is 0. The Morgan fingerprint density at radius 3 is 2.65 bits per heavy atom. The zero-order valence-corrected chi connectivity index (χ0v) is 14.6. The van der Waals surface area contributed by atoms with Crippen molar-refractivity contribution in [2.75, 3.05) is 25.1 Å². The highest BCUT2D eigenvalue weighted by Gasteiger charge is 2.06. The number of nitrogens with one attached hydrogen (secondary N) is 2. The summed E-state index contributed by atoms with van der Waals surface area (Å²) in [6, 6.07) is 16.6. The number of fused-ring (bicyclic) bond motifs is 1. The van der Waals surface area contributed by atoms with Gasteiger partial charge in [-0.15, -0.1) is 0 Å². The molecule has 6 heteroatoms. The second-order valence-corrected chi connectivity index (χ2v) is 5.52. The van der Waals surface area contributed by atoms with Gasteiger partial charge in [-0.1, -0.05) is 24.3 Å². The van der Waals surface area contributed by atoms with Gasteiger partial charge in [0, 0.05) is 17.6 Å². The Morgan fingerprint density at radius 1 is 1.04 bits per heavy atom. The van der Waals surface area contributed by atoms with Gasteiger partial charge in [-0.05, 0) is 31.2 Å². The molecule has 0 aliphatic heterocycles. The van der Waals surface area contributed by atoms with Gasteiger partial charge in [0.1, 0.15) is 18.1 Å². The molecular formula is C20H21N3O3. The highest BCUT2D eigenvalue weighted by molar-refractivity contribution is 5.99. The molecule has 1 aromatic heterocycles. The molecule has 26 heavy (non-hydrogen) atoms. The Kier molecular flexibility index (Phi) is 5.88. The van der Waals surface area contributed by atoms with Crippen molar-refractivity contribution in [3.8, 4) is 11.5 Å². The molecule has 3 aromatic rings. The van der Waals surface area contributed by atoms with E-state index in [1.807, 2.05) is 61.5 Å². The summed E-state index contributed by atoms with van der Waals surface area (Å²) in [5.41, 5.74) is 1.43. The first kappa shape index (κ1) is 17.5. The van der Waals surface area contributed by atoms with Gasteiger partial charge in [-0.3, -0.25) is 4.98 Å². The van der Waals surface area contributed by atoms with Gasteiger partial charge in [0.05, 0.1) is 24.4 Å². The third-order valence-corrected chi connectivity index (χ3v) is 3.65. The first-order valence-corrected chi connectivity index (χ1v) is 8.50. The van der Waals surface area contributed by atoms with E-state index in [1.54, 1.807) is 6.20 Å². The summed E-state index contributed by atoms with van der Waals surface area (Å²) in [4.78, 5) is 16.4. The van der Waals surface area contributed by atoms with Crippen LogP contribution in [0.4, 0.5) is 10.5 Å². The normalized spacial score (nSPS) is 10.3. The number of ether oxygens (including phenoxy) is 2. The molecule has 1 heterocycles. The Bertz CT molecular complexity index is 878. The van der Waals surface area contributed by atoms with Crippen molar-refractivity contribution >= 4 is 22.6 Å². The van der Waals surface area contributed by atoms with Crippen LogP contribution in [0, 0.1) is 0 Å². The van der Waals surface area contributed by atoms with Crippen molar-refractivity contribution in [1.29, 1.82) is 0 Å². The Morgan fingerprint density at radius 2 is 1.81 bits per heavy atom. The lowest BCUT2D eigenvalue weighted by Crippen LogP contribution is -2.32. The maximum absolute atomic E-state index is 12.1. The molecule has 134 valence electrons. The number of anilines is 1. The van der Waals surface area contributed by atoms with Crippen LogP contribution in [-0.2, 0) is 0 Å². The number of hydrogen-bond acceptors (Lipinski definition) is 4. The minimum Gasteiger partial charge on any atom is -0.494 e. The van der Waals surface area contributed by atoms with Crippen LogP contribution in [0.3, 0.4) is 0 Å². The van der Waals surface area contributed by atoms with E-state index in [-0.39, 0.29) is 6.03 Å². The number of aromatic nitrogens is 1. The fraction of sp³-hybridized carbons (Fsp3) is 0.200. The van der Waals surface area contributed by atoms with Crippen LogP contribution in [0.2, 0.25) is 0 Å². The number of para-hydroxylation sites is 1. The molecule has 3 rings (SSSR count). The maximum atomic E-state index is 12.1. The molecule has 0 spiro atoms. The zero-order chi connectivity index (χ0) is 18.2. The maximum Gasteiger partial charge on any atom is 0.319 e. The van der Waals surface area contributed by atoms with E-state index < -0.39 is 0 Å². The quantitative estimate of drug-likeness (QED) is 0.635. The molecule has 0 unspecified atom stereocenters. The molecule has 0 radical (unpaired) electrons. The zero-order valence-electron chi connectivity index (χ0n) is 14.6. The van der Waals surface area contributed by atoms with Crippen LogP contribution in [-0.4, -0.2) is 30.8 Å². The van der Waals surface area contributed by atoms with Gasteiger partial charge in [0.2, 0.25) is 0 Å². The van der Waals surface area contributed by atoms with E-state index >= 15 is 0 Å². The molecule has 2 aromatic carbocycles. The van der Waals surface area contributed by atoms with Crippen molar-refractivity contribution in [1.82, 2.24) is 10.3 Å². The van der Waals surface area contributed by atoms with E-state index in [4.69, 9.17) is 9.47 Å². The SMILES string of the molecule is CCOc1cccc(OCCNC(=O)Nc2cccc3cccnc23)c1. The van der Waals surface area contributed by atoms with Crippen LogP contribution in [0.5, 0.6) is 11.5 Å². The molecule has 2 N–H and O–H groups in total. The van der Waals surface area contributed by atoms with E-state index in [2.05, 4.69) is 15.6 Å². The number of benzene rings is 2. The van der Waals surface area contributed by atoms with Crippen molar-refractivity contribution < 1.29 is 14.3 Å². The van der Waals surface area contributed by atoms with E-state index in [0.29, 0.717) is 31.2 Å². The Labute approximate surface area is 152 Å². The number of hydrogen-bond donors (Lipinski definition) is 2. The number of amides is 2. The topological polar surface area (TPSA) is 72.5 Å². The predicted octanol–water partition coefficient (Wildman–Crippen LogP) is 3.83. The van der Waals surface area contributed by atoms with Crippen molar-refractivity contribution in [3.05, 3.63) is 60.8 Å². The molecule has 0 saturated carbocycles. The molecule has 0 fully saturated rings. The number of nitrogens with zero attached hydrogens (tertiary/aromatic N) is 1. The van der Waals surface area contributed by atoms with Crippen molar-refractivity contribution in [2.45, 2.75) is 6.92 Å². The molecular weight excluding hydrogens is 330 g/mol. The first-order chi connectivity index (χ1) is 12.8. The third kappa shape index (κ3) is 4.63. The van der Waals surface area contributed by atoms with E-state index in [9.17, 15) is 4.79 Å².